The van der Waals surface area contributed by atoms with Crippen molar-refractivity contribution in [2.45, 2.75) is 76.0 Å². The van der Waals surface area contributed by atoms with E-state index in [1.807, 2.05) is 0 Å². The standard InChI is InChI=1S/C19H33N5O9/c1-10(22-17(30)11(21)5-7-14(25)26)16(29)23-12(6-8-15(27)28)18(31)24-13(19(32)33)4-2-3-9-20/h10-13H,2-9,20-21H2,1H3,(H,22,30)(H,23,29)(H,24,31)(H,25,26)(H,27,28)(H,32,33)/t10-,11-,12-,13-/m0/s1. The van der Waals surface area contributed by atoms with Crippen molar-refractivity contribution in [3.63, 3.8) is 0 Å². The van der Waals surface area contributed by atoms with E-state index >= 15 is 0 Å². The van der Waals surface area contributed by atoms with E-state index in [0.717, 1.165) is 0 Å². The number of nitrogens with one attached hydrogen (secondary N) is 3. The van der Waals surface area contributed by atoms with Gasteiger partial charge in [-0.3, -0.25) is 24.0 Å². The Morgan fingerprint density at radius 1 is 0.727 bits per heavy atom. The first-order valence-electron chi connectivity index (χ1n) is 10.4. The maximum Gasteiger partial charge on any atom is 0.326 e. The summed E-state index contributed by atoms with van der Waals surface area (Å²) in [6, 6.07) is -4.98. The number of aliphatic carboxylic acids is 3. The fourth-order valence-electron chi connectivity index (χ4n) is 2.65. The number of hydrogen-bond acceptors (Lipinski definition) is 8. The lowest BCUT2D eigenvalue weighted by molar-refractivity contribution is -0.143. The van der Waals surface area contributed by atoms with E-state index in [0.29, 0.717) is 19.4 Å². The van der Waals surface area contributed by atoms with Crippen LogP contribution in [0.25, 0.3) is 0 Å². The van der Waals surface area contributed by atoms with Crippen molar-refractivity contribution in [2.24, 2.45) is 11.5 Å². The summed E-state index contributed by atoms with van der Waals surface area (Å²) in [7, 11) is 0. The minimum absolute atomic E-state index is 0.0958. The van der Waals surface area contributed by atoms with Crippen LogP contribution in [0.4, 0.5) is 0 Å². The topological polar surface area (TPSA) is 251 Å². The number of unbranched alkanes of at least 4 members (excludes halogenated alkanes) is 1. The summed E-state index contributed by atoms with van der Waals surface area (Å²) in [5.41, 5.74) is 11.0. The molecule has 0 aromatic heterocycles. The van der Waals surface area contributed by atoms with Crippen LogP contribution in [0, 0.1) is 0 Å². The van der Waals surface area contributed by atoms with Crippen LogP contribution in [0.3, 0.4) is 0 Å². The van der Waals surface area contributed by atoms with Gasteiger partial charge in [-0.25, -0.2) is 4.79 Å². The molecule has 0 radical (unpaired) electrons. The Balaban J connectivity index is 5.11. The monoisotopic (exact) mass is 475 g/mol. The molecule has 0 bridgehead atoms. The van der Waals surface area contributed by atoms with Gasteiger partial charge in [-0.05, 0) is 45.6 Å². The second-order valence-electron chi connectivity index (χ2n) is 7.45. The molecule has 0 rings (SSSR count). The van der Waals surface area contributed by atoms with E-state index in [-0.39, 0.29) is 25.7 Å². The van der Waals surface area contributed by atoms with Gasteiger partial charge in [0.25, 0.3) is 0 Å². The number of carbonyl (C=O) groups is 6. The SMILES string of the molecule is C[C@H](NC(=O)[C@@H](N)CCC(=O)O)C(=O)N[C@@H](CCC(=O)O)C(=O)N[C@@H](CCCCN)C(=O)O. The molecule has 0 aromatic rings. The number of amides is 3. The van der Waals surface area contributed by atoms with Crippen molar-refractivity contribution in [3.05, 3.63) is 0 Å². The molecule has 14 heteroatoms. The largest absolute Gasteiger partial charge is 0.481 e. The van der Waals surface area contributed by atoms with Crippen molar-refractivity contribution in [1.82, 2.24) is 16.0 Å². The van der Waals surface area contributed by atoms with Crippen molar-refractivity contribution in [3.8, 4) is 0 Å². The normalized spacial score (nSPS) is 14.3. The molecule has 0 spiro atoms. The van der Waals surface area contributed by atoms with Gasteiger partial charge in [0, 0.05) is 12.8 Å². The summed E-state index contributed by atoms with van der Waals surface area (Å²) < 4.78 is 0. The highest BCUT2D eigenvalue weighted by Gasteiger charge is 2.29. The van der Waals surface area contributed by atoms with Gasteiger partial charge in [0.2, 0.25) is 17.7 Å². The number of rotatable bonds is 17. The van der Waals surface area contributed by atoms with Crippen molar-refractivity contribution in [1.29, 1.82) is 0 Å². The number of carbonyl (C=O) groups excluding carboxylic acids is 3. The molecule has 4 atom stereocenters. The molecule has 10 N–H and O–H groups in total. The third-order valence-electron chi connectivity index (χ3n) is 4.60. The third kappa shape index (κ3) is 13.0. The lowest BCUT2D eigenvalue weighted by Crippen LogP contribution is -2.56. The summed E-state index contributed by atoms with van der Waals surface area (Å²) in [6.45, 7) is 1.64. The summed E-state index contributed by atoms with van der Waals surface area (Å²) in [5, 5.41) is 33.7. The molecule has 0 saturated heterocycles. The lowest BCUT2D eigenvalue weighted by atomic mass is 10.1. The van der Waals surface area contributed by atoms with Crippen LogP contribution < -0.4 is 27.4 Å². The molecule has 3 amide bonds. The van der Waals surface area contributed by atoms with Crippen molar-refractivity contribution >= 4 is 35.6 Å². The van der Waals surface area contributed by atoms with E-state index in [4.69, 9.17) is 21.7 Å². The summed E-state index contributed by atoms with van der Waals surface area (Å²) >= 11 is 0. The fraction of sp³-hybridized carbons (Fsp3) is 0.684. The third-order valence-corrected chi connectivity index (χ3v) is 4.60. The van der Waals surface area contributed by atoms with E-state index in [2.05, 4.69) is 16.0 Å². The van der Waals surface area contributed by atoms with Crippen LogP contribution in [-0.4, -0.2) is 81.7 Å². The Morgan fingerprint density at radius 2 is 1.27 bits per heavy atom. The second-order valence-corrected chi connectivity index (χ2v) is 7.45. The van der Waals surface area contributed by atoms with Gasteiger partial charge in [0.15, 0.2) is 0 Å². The summed E-state index contributed by atoms with van der Waals surface area (Å²) in [5.74, 6) is -6.17. The maximum absolute atomic E-state index is 12.6. The predicted octanol–water partition coefficient (Wildman–Crippen LogP) is -2.27. The molecule has 0 fully saturated rings. The van der Waals surface area contributed by atoms with Crippen LogP contribution in [0.2, 0.25) is 0 Å². The quantitative estimate of drug-likeness (QED) is 0.104. The van der Waals surface area contributed by atoms with Gasteiger partial charge in [-0.15, -0.1) is 0 Å². The first kappa shape index (κ1) is 29.7. The van der Waals surface area contributed by atoms with Gasteiger partial charge in [0.05, 0.1) is 6.04 Å². The van der Waals surface area contributed by atoms with Crippen LogP contribution in [0.1, 0.15) is 51.9 Å². The molecule has 0 aliphatic rings. The van der Waals surface area contributed by atoms with Gasteiger partial charge in [-0.1, -0.05) is 0 Å². The molecule has 0 aromatic carbocycles. The minimum Gasteiger partial charge on any atom is -0.481 e. The second kappa shape index (κ2) is 15.5. The average Bonchev–Trinajstić information content (AvgIpc) is 2.73. The highest BCUT2D eigenvalue weighted by Crippen LogP contribution is 2.05. The molecule has 0 heterocycles. The Bertz CT molecular complexity index is 716. The lowest BCUT2D eigenvalue weighted by Gasteiger charge is -2.23. The molecule has 14 nitrogen and oxygen atoms in total. The predicted molar refractivity (Wildman–Crippen MR) is 114 cm³/mol. The molecular formula is C19H33N5O9. The van der Waals surface area contributed by atoms with Crippen molar-refractivity contribution < 1.29 is 44.1 Å². The highest BCUT2D eigenvalue weighted by molar-refractivity contribution is 5.94. The van der Waals surface area contributed by atoms with Crippen LogP contribution >= 0.6 is 0 Å². The van der Waals surface area contributed by atoms with E-state index in [1.165, 1.54) is 6.92 Å². The number of hydrogen-bond donors (Lipinski definition) is 8. The smallest absolute Gasteiger partial charge is 0.326 e. The van der Waals surface area contributed by atoms with Gasteiger partial charge >= 0.3 is 17.9 Å². The van der Waals surface area contributed by atoms with Crippen LogP contribution in [0.15, 0.2) is 0 Å². The zero-order chi connectivity index (χ0) is 25.6. The Morgan fingerprint density at radius 3 is 1.79 bits per heavy atom. The van der Waals surface area contributed by atoms with Crippen molar-refractivity contribution in [2.75, 3.05) is 6.54 Å². The van der Waals surface area contributed by atoms with E-state index in [9.17, 15) is 33.9 Å². The van der Waals surface area contributed by atoms with Gasteiger partial charge in [-0.2, -0.15) is 0 Å². The zero-order valence-electron chi connectivity index (χ0n) is 18.4. The molecule has 0 saturated carbocycles. The van der Waals surface area contributed by atoms with E-state index < -0.39 is 66.2 Å². The van der Waals surface area contributed by atoms with Crippen LogP contribution in [0.5, 0.6) is 0 Å². The Labute approximate surface area is 190 Å². The Hall–Kier alpha value is -3.26. The molecule has 33 heavy (non-hydrogen) atoms. The first-order valence-corrected chi connectivity index (χ1v) is 10.4. The van der Waals surface area contributed by atoms with Crippen LogP contribution in [-0.2, 0) is 28.8 Å². The van der Waals surface area contributed by atoms with E-state index in [1.54, 1.807) is 0 Å². The van der Waals surface area contributed by atoms with Gasteiger partial charge in [0.1, 0.15) is 18.1 Å². The zero-order valence-corrected chi connectivity index (χ0v) is 18.4. The minimum atomic E-state index is -1.37. The summed E-state index contributed by atoms with van der Waals surface area (Å²) in [6.07, 6.45) is -0.221. The molecule has 188 valence electrons. The first-order chi connectivity index (χ1) is 15.4. The molecule has 0 aliphatic heterocycles. The highest BCUT2D eigenvalue weighted by atomic mass is 16.4. The maximum atomic E-state index is 12.6. The number of nitrogens with two attached hydrogens (primary N) is 2. The number of carboxylic acid groups (broad SMARTS) is 3. The Kier molecular flexibility index (Phi) is 14.0. The summed E-state index contributed by atoms with van der Waals surface area (Å²) in [4.78, 5) is 69.9. The molecule has 0 unspecified atom stereocenters. The fourth-order valence-corrected chi connectivity index (χ4v) is 2.65. The molecule has 0 aliphatic carbocycles. The average molecular weight is 475 g/mol. The van der Waals surface area contributed by atoms with Gasteiger partial charge < -0.3 is 42.7 Å². The number of carboxylic acids is 3. The molecular weight excluding hydrogens is 442 g/mol.